The van der Waals surface area contributed by atoms with Crippen molar-refractivity contribution in [2.45, 2.75) is 38.6 Å². The second-order valence-electron chi connectivity index (χ2n) is 6.15. The van der Waals surface area contributed by atoms with Crippen molar-refractivity contribution in [3.63, 3.8) is 0 Å². The van der Waals surface area contributed by atoms with Crippen molar-refractivity contribution in [1.82, 2.24) is 4.90 Å². The first kappa shape index (κ1) is 14.5. The number of Topliss-reactive ketones (excluding diaryl/α,β-unsaturated/α-hetero) is 1. The molecule has 3 nitrogen and oxygen atoms in total. The van der Waals surface area contributed by atoms with E-state index in [9.17, 15) is 9.18 Å². The second-order valence-corrected chi connectivity index (χ2v) is 6.15. The van der Waals surface area contributed by atoms with Crippen LogP contribution in [0.15, 0.2) is 18.2 Å². The third kappa shape index (κ3) is 2.95. The lowest BCUT2D eigenvalue weighted by atomic mass is 10.1. The molecular formula is C17H23FN2O. The normalized spacial score (nSPS) is 21.0. The first-order valence-corrected chi connectivity index (χ1v) is 7.95. The lowest BCUT2D eigenvalue weighted by Crippen LogP contribution is -2.50. The number of anilines is 1. The fourth-order valence-electron chi connectivity index (χ4n) is 3.70. The maximum absolute atomic E-state index is 14.2. The van der Waals surface area contributed by atoms with Crippen molar-refractivity contribution < 1.29 is 9.18 Å². The van der Waals surface area contributed by atoms with E-state index in [1.165, 1.54) is 38.7 Å². The standard InChI is InChI=1S/C17H23FN2O/c1-13(21)15-7-4-8-16(18)17(15)20-11-9-19(10-12-20)14-5-2-3-6-14/h4,7-8,14H,2-3,5-6,9-12H2,1H3. The van der Waals surface area contributed by atoms with E-state index in [-0.39, 0.29) is 11.6 Å². The van der Waals surface area contributed by atoms with Gasteiger partial charge in [-0.1, -0.05) is 18.9 Å². The van der Waals surface area contributed by atoms with Gasteiger partial charge in [0.05, 0.1) is 5.69 Å². The second kappa shape index (κ2) is 6.14. The van der Waals surface area contributed by atoms with Gasteiger partial charge in [-0.2, -0.15) is 0 Å². The van der Waals surface area contributed by atoms with E-state index in [1.807, 2.05) is 4.90 Å². The molecule has 0 atom stereocenters. The van der Waals surface area contributed by atoms with Gasteiger partial charge in [0, 0.05) is 37.8 Å². The SMILES string of the molecule is CC(=O)c1cccc(F)c1N1CCN(C2CCCC2)CC1. The summed E-state index contributed by atoms with van der Waals surface area (Å²) >= 11 is 0. The number of halogens is 1. The molecule has 114 valence electrons. The smallest absolute Gasteiger partial charge is 0.161 e. The van der Waals surface area contributed by atoms with Crippen LogP contribution in [0.5, 0.6) is 0 Å². The fraction of sp³-hybridized carbons (Fsp3) is 0.588. The van der Waals surface area contributed by atoms with E-state index in [2.05, 4.69) is 4.90 Å². The number of carbonyl (C=O) groups excluding carboxylic acids is 1. The summed E-state index contributed by atoms with van der Waals surface area (Å²) in [5.74, 6) is -0.347. The summed E-state index contributed by atoms with van der Waals surface area (Å²) in [5, 5.41) is 0. The van der Waals surface area contributed by atoms with Gasteiger partial charge in [0.2, 0.25) is 0 Å². The van der Waals surface area contributed by atoms with E-state index in [1.54, 1.807) is 12.1 Å². The zero-order valence-electron chi connectivity index (χ0n) is 12.6. The van der Waals surface area contributed by atoms with Crippen molar-refractivity contribution >= 4 is 11.5 Å². The molecule has 4 heteroatoms. The molecule has 21 heavy (non-hydrogen) atoms. The van der Waals surface area contributed by atoms with E-state index in [4.69, 9.17) is 0 Å². The van der Waals surface area contributed by atoms with Gasteiger partial charge in [0.1, 0.15) is 5.82 Å². The third-order valence-corrected chi connectivity index (χ3v) is 4.84. The van der Waals surface area contributed by atoms with Crippen LogP contribution in [-0.4, -0.2) is 42.9 Å². The first-order chi connectivity index (χ1) is 10.2. The molecule has 1 aliphatic heterocycles. The predicted octanol–water partition coefficient (Wildman–Crippen LogP) is 3.09. The molecular weight excluding hydrogens is 267 g/mol. The summed E-state index contributed by atoms with van der Waals surface area (Å²) < 4.78 is 14.2. The molecule has 0 N–H and O–H groups in total. The van der Waals surface area contributed by atoms with Gasteiger partial charge >= 0.3 is 0 Å². The average molecular weight is 290 g/mol. The van der Waals surface area contributed by atoms with Gasteiger partial charge in [-0.3, -0.25) is 9.69 Å². The van der Waals surface area contributed by atoms with E-state index >= 15 is 0 Å². The van der Waals surface area contributed by atoms with Crippen LogP contribution in [0.4, 0.5) is 10.1 Å². The lowest BCUT2D eigenvalue weighted by Gasteiger charge is -2.39. The number of para-hydroxylation sites is 1. The average Bonchev–Trinajstić information content (AvgIpc) is 3.01. The number of carbonyl (C=O) groups is 1. The van der Waals surface area contributed by atoms with Crippen LogP contribution < -0.4 is 4.90 Å². The molecule has 0 amide bonds. The van der Waals surface area contributed by atoms with Crippen molar-refractivity contribution in [2.75, 3.05) is 31.1 Å². The molecule has 0 bridgehead atoms. The number of ketones is 1. The van der Waals surface area contributed by atoms with Crippen molar-refractivity contribution in [1.29, 1.82) is 0 Å². The van der Waals surface area contributed by atoms with Crippen LogP contribution >= 0.6 is 0 Å². The van der Waals surface area contributed by atoms with Gasteiger partial charge in [0.25, 0.3) is 0 Å². The largest absolute Gasteiger partial charge is 0.366 e. The zero-order valence-corrected chi connectivity index (χ0v) is 12.6. The highest BCUT2D eigenvalue weighted by Crippen LogP contribution is 2.29. The minimum atomic E-state index is -0.281. The van der Waals surface area contributed by atoms with Crippen LogP contribution in [0.2, 0.25) is 0 Å². The highest BCUT2D eigenvalue weighted by molar-refractivity contribution is 5.99. The van der Waals surface area contributed by atoms with Gasteiger partial charge in [-0.05, 0) is 31.9 Å². The van der Waals surface area contributed by atoms with E-state index < -0.39 is 0 Å². The number of benzene rings is 1. The van der Waals surface area contributed by atoms with Crippen LogP contribution in [-0.2, 0) is 0 Å². The first-order valence-electron chi connectivity index (χ1n) is 7.95. The molecule has 1 saturated heterocycles. The molecule has 2 aliphatic rings. The topological polar surface area (TPSA) is 23.6 Å². The molecule has 0 aromatic heterocycles. The maximum Gasteiger partial charge on any atom is 0.161 e. The quantitative estimate of drug-likeness (QED) is 0.799. The Labute approximate surface area is 125 Å². The molecule has 1 aromatic rings. The monoisotopic (exact) mass is 290 g/mol. The van der Waals surface area contributed by atoms with Crippen molar-refractivity contribution in [3.05, 3.63) is 29.6 Å². The van der Waals surface area contributed by atoms with Crippen molar-refractivity contribution in [3.8, 4) is 0 Å². The predicted molar refractivity (Wildman–Crippen MR) is 82.4 cm³/mol. The third-order valence-electron chi connectivity index (χ3n) is 4.84. The molecule has 0 spiro atoms. The zero-order chi connectivity index (χ0) is 14.8. The summed E-state index contributed by atoms with van der Waals surface area (Å²) in [6.45, 7) is 5.05. The van der Waals surface area contributed by atoms with Gasteiger partial charge < -0.3 is 4.90 Å². The van der Waals surface area contributed by atoms with Crippen molar-refractivity contribution in [2.24, 2.45) is 0 Å². The van der Waals surface area contributed by atoms with E-state index in [0.29, 0.717) is 11.3 Å². The lowest BCUT2D eigenvalue weighted by molar-refractivity contribution is 0.101. The Balaban J connectivity index is 1.73. The van der Waals surface area contributed by atoms with E-state index in [0.717, 1.165) is 32.2 Å². The molecule has 0 unspecified atom stereocenters. The molecule has 3 rings (SSSR count). The van der Waals surface area contributed by atoms with Crippen LogP contribution in [0.3, 0.4) is 0 Å². The molecule has 0 radical (unpaired) electrons. The summed E-state index contributed by atoms with van der Waals surface area (Å²) in [7, 11) is 0. The Hall–Kier alpha value is -1.42. The summed E-state index contributed by atoms with van der Waals surface area (Å²) in [6, 6.07) is 5.51. The van der Waals surface area contributed by atoms with Crippen LogP contribution in [0, 0.1) is 5.82 Å². The Morgan fingerprint density at radius 1 is 1.14 bits per heavy atom. The maximum atomic E-state index is 14.2. The number of hydrogen-bond donors (Lipinski definition) is 0. The number of rotatable bonds is 3. The number of hydrogen-bond acceptors (Lipinski definition) is 3. The minimum Gasteiger partial charge on any atom is -0.366 e. The van der Waals surface area contributed by atoms with Gasteiger partial charge in [-0.25, -0.2) is 4.39 Å². The summed E-state index contributed by atoms with van der Waals surface area (Å²) in [5.41, 5.74) is 1.00. The Morgan fingerprint density at radius 3 is 2.43 bits per heavy atom. The molecule has 1 saturated carbocycles. The highest BCUT2D eigenvalue weighted by atomic mass is 19.1. The highest BCUT2D eigenvalue weighted by Gasteiger charge is 2.28. The van der Waals surface area contributed by atoms with Gasteiger partial charge in [0.15, 0.2) is 5.78 Å². The Kier molecular flexibility index (Phi) is 4.24. The molecule has 1 aromatic carbocycles. The summed E-state index contributed by atoms with van der Waals surface area (Å²) in [4.78, 5) is 16.3. The van der Waals surface area contributed by atoms with Crippen LogP contribution in [0.25, 0.3) is 0 Å². The fourth-order valence-corrected chi connectivity index (χ4v) is 3.70. The van der Waals surface area contributed by atoms with Gasteiger partial charge in [-0.15, -0.1) is 0 Å². The molecule has 2 fully saturated rings. The molecule has 1 aliphatic carbocycles. The summed E-state index contributed by atoms with van der Waals surface area (Å²) in [6.07, 6.45) is 5.29. The Bertz CT molecular complexity index is 518. The van der Waals surface area contributed by atoms with Crippen LogP contribution in [0.1, 0.15) is 43.0 Å². The molecule has 1 heterocycles. The Morgan fingerprint density at radius 2 is 1.81 bits per heavy atom. The number of piperazine rings is 1. The number of nitrogens with zero attached hydrogens (tertiary/aromatic N) is 2. The minimum absolute atomic E-state index is 0.0669.